The molecule has 0 aliphatic carbocycles. The van der Waals surface area contributed by atoms with Gasteiger partial charge >= 0.3 is 0 Å². The summed E-state index contributed by atoms with van der Waals surface area (Å²) in [5.41, 5.74) is 1.24. The zero-order valence-electron chi connectivity index (χ0n) is 11.4. The zero-order chi connectivity index (χ0) is 15.2. The van der Waals surface area contributed by atoms with Crippen LogP contribution in [0.1, 0.15) is 17.3 Å². The maximum Gasteiger partial charge on any atom is 0.262 e. The smallest absolute Gasteiger partial charge is 0.262 e. The molecule has 0 aliphatic heterocycles. The molecule has 0 radical (unpaired) electrons. The average molecular weight is 348 g/mol. The van der Waals surface area contributed by atoms with Gasteiger partial charge in [0.2, 0.25) is 0 Å². The summed E-state index contributed by atoms with van der Waals surface area (Å²) in [6, 6.07) is 14.1. The summed E-state index contributed by atoms with van der Waals surface area (Å²) in [7, 11) is 0. The van der Waals surface area contributed by atoms with Crippen molar-refractivity contribution in [1.82, 2.24) is 0 Å². The molecule has 0 heterocycles. The van der Waals surface area contributed by atoms with E-state index in [1.165, 1.54) is 6.92 Å². The highest BCUT2D eigenvalue weighted by Gasteiger charge is 2.07. The fourth-order valence-corrected chi connectivity index (χ4v) is 2.09. The third-order valence-corrected chi connectivity index (χ3v) is 3.45. The number of carbonyl (C=O) groups is 2. The average Bonchev–Trinajstić information content (AvgIpc) is 2.48. The monoisotopic (exact) mass is 347 g/mol. The number of ketones is 1. The van der Waals surface area contributed by atoms with Crippen LogP contribution in [0.2, 0.25) is 0 Å². The lowest BCUT2D eigenvalue weighted by atomic mass is 10.1. The van der Waals surface area contributed by atoms with Crippen LogP contribution < -0.4 is 10.1 Å². The van der Waals surface area contributed by atoms with Gasteiger partial charge in [-0.2, -0.15) is 0 Å². The summed E-state index contributed by atoms with van der Waals surface area (Å²) >= 11 is 3.35. The van der Waals surface area contributed by atoms with E-state index >= 15 is 0 Å². The van der Waals surface area contributed by atoms with Crippen LogP contribution in [0.15, 0.2) is 53.0 Å². The third-order valence-electron chi connectivity index (χ3n) is 2.76. The molecule has 0 saturated heterocycles. The van der Waals surface area contributed by atoms with Crippen LogP contribution in [0.25, 0.3) is 0 Å². The first-order valence-electron chi connectivity index (χ1n) is 6.34. The van der Waals surface area contributed by atoms with Gasteiger partial charge in [0.1, 0.15) is 5.75 Å². The SMILES string of the molecule is CC(=O)c1cccc(OCC(=O)Nc2ccccc2Br)c1. The summed E-state index contributed by atoms with van der Waals surface area (Å²) in [5, 5.41) is 2.74. The molecule has 5 heteroatoms. The van der Waals surface area contributed by atoms with Crippen LogP contribution in [0.4, 0.5) is 5.69 Å². The fraction of sp³-hybridized carbons (Fsp3) is 0.125. The van der Waals surface area contributed by atoms with E-state index in [0.29, 0.717) is 17.0 Å². The van der Waals surface area contributed by atoms with E-state index in [0.717, 1.165) is 4.47 Å². The molecule has 0 atom stereocenters. The molecular formula is C16H14BrNO3. The molecule has 2 aromatic carbocycles. The molecule has 0 saturated carbocycles. The second-order valence-electron chi connectivity index (χ2n) is 4.40. The maximum atomic E-state index is 11.8. The van der Waals surface area contributed by atoms with E-state index in [1.807, 2.05) is 18.2 Å². The number of ether oxygens (including phenoxy) is 1. The molecule has 0 aromatic heterocycles. The molecule has 1 amide bonds. The van der Waals surface area contributed by atoms with Crippen LogP contribution in [-0.4, -0.2) is 18.3 Å². The molecule has 2 rings (SSSR count). The van der Waals surface area contributed by atoms with Gasteiger partial charge in [0.15, 0.2) is 12.4 Å². The Bertz CT molecular complexity index is 670. The number of benzene rings is 2. The lowest BCUT2D eigenvalue weighted by Crippen LogP contribution is -2.20. The molecular weight excluding hydrogens is 334 g/mol. The molecule has 2 aromatic rings. The molecule has 0 aliphatic rings. The Morgan fingerprint density at radius 3 is 2.62 bits per heavy atom. The van der Waals surface area contributed by atoms with Gasteiger partial charge in [0, 0.05) is 10.0 Å². The van der Waals surface area contributed by atoms with Gasteiger partial charge in [-0.1, -0.05) is 24.3 Å². The van der Waals surface area contributed by atoms with Gasteiger partial charge in [-0.25, -0.2) is 0 Å². The standard InChI is InChI=1S/C16H14BrNO3/c1-11(19)12-5-4-6-13(9-12)21-10-16(20)18-15-8-3-2-7-14(15)17/h2-9H,10H2,1H3,(H,18,20). The van der Waals surface area contributed by atoms with Crippen LogP contribution in [0.5, 0.6) is 5.75 Å². The number of hydrogen-bond donors (Lipinski definition) is 1. The van der Waals surface area contributed by atoms with Gasteiger partial charge < -0.3 is 10.1 Å². The summed E-state index contributed by atoms with van der Waals surface area (Å²) in [4.78, 5) is 23.1. The normalized spacial score (nSPS) is 10.0. The topological polar surface area (TPSA) is 55.4 Å². The minimum atomic E-state index is -0.268. The summed E-state index contributed by atoms with van der Waals surface area (Å²) in [6.45, 7) is 1.36. The van der Waals surface area contributed by atoms with E-state index in [9.17, 15) is 9.59 Å². The number of rotatable bonds is 5. The number of nitrogens with one attached hydrogen (secondary N) is 1. The summed E-state index contributed by atoms with van der Waals surface area (Å²) < 4.78 is 6.19. The first-order chi connectivity index (χ1) is 10.1. The van der Waals surface area contributed by atoms with Gasteiger partial charge in [0.25, 0.3) is 5.91 Å². The van der Waals surface area contributed by atoms with E-state index in [2.05, 4.69) is 21.2 Å². The fourth-order valence-electron chi connectivity index (χ4n) is 1.70. The Kier molecular flexibility index (Phi) is 5.11. The molecule has 1 N–H and O–H groups in total. The number of hydrogen-bond acceptors (Lipinski definition) is 3. The number of amides is 1. The Hall–Kier alpha value is -2.14. The van der Waals surface area contributed by atoms with Gasteiger partial charge in [0.05, 0.1) is 5.69 Å². The molecule has 0 fully saturated rings. The number of anilines is 1. The predicted octanol–water partition coefficient (Wildman–Crippen LogP) is 3.67. The molecule has 4 nitrogen and oxygen atoms in total. The van der Waals surface area contributed by atoms with Crippen molar-refractivity contribution in [2.45, 2.75) is 6.92 Å². The zero-order valence-corrected chi connectivity index (χ0v) is 13.0. The first kappa shape index (κ1) is 15.3. The molecule has 0 unspecified atom stereocenters. The predicted molar refractivity (Wildman–Crippen MR) is 84.7 cm³/mol. The van der Waals surface area contributed by atoms with Crippen molar-refractivity contribution >= 4 is 33.3 Å². The largest absolute Gasteiger partial charge is 0.484 e. The first-order valence-corrected chi connectivity index (χ1v) is 7.14. The van der Waals surface area contributed by atoms with Crippen LogP contribution in [0.3, 0.4) is 0 Å². The number of halogens is 1. The van der Waals surface area contributed by atoms with Crippen molar-refractivity contribution in [3.63, 3.8) is 0 Å². The van der Waals surface area contributed by atoms with E-state index < -0.39 is 0 Å². The molecule has 21 heavy (non-hydrogen) atoms. The van der Waals surface area contributed by atoms with Crippen molar-refractivity contribution in [3.05, 3.63) is 58.6 Å². The second kappa shape index (κ2) is 7.04. The highest BCUT2D eigenvalue weighted by Crippen LogP contribution is 2.21. The van der Waals surface area contributed by atoms with Gasteiger partial charge in [-0.3, -0.25) is 9.59 Å². The van der Waals surface area contributed by atoms with Crippen molar-refractivity contribution in [1.29, 1.82) is 0 Å². The Morgan fingerprint density at radius 1 is 1.14 bits per heavy atom. The quantitative estimate of drug-likeness (QED) is 0.839. The summed E-state index contributed by atoms with van der Waals surface area (Å²) in [6.07, 6.45) is 0. The van der Waals surface area contributed by atoms with Gasteiger partial charge in [-0.05, 0) is 47.1 Å². The van der Waals surface area contributed by atoms with E-state index in [-0.39, 0.29) is 18.3 Å². The van der Waals surface area contributed by atoms with Gasteiger partial charge in [-0.15, -0.1) is 0 Å². The lowest BCUT2D eigenvalue weighted by Gasteiger charge is -2.09. The Labute approximate surface area is 131 Å². The minimum Gasteiger partial charge on any atom is -0.484 e. The second-order valence-corrected chi connectivity index (χ2v) is 5.26. The van der Waals surface area contributed by atoms with Crippen LogP contribution in [0, 0.1) is 0 Å². The molecule has 0 bridgehead atoms. The number of Topliss-reactive ketones (excluding diaryl/α,β-unsaturated/α-hetero) is 1. The van der Waals surface area contributed by atoms with E-state index in [1.54, 1.807) is 30.3 Å². The van der Waals surface area contributed by atoms with Crippen molar-refractivity contribution in [3.8, 4) is 5.75 Å². The molecule has 108 valence electrons. The van der Waals surface area contributed by atoms with Crippen LogP contribution >= 0.6 is 15.9 Å². The van der Waals surface area contributed by atoms with Crippen molar-refractivity contribution in [2.75, 3.05) is 11.9 Å². The highest BCUT2D eigenvalue weighted by atomic mass is 79.9. The molecule has 0 spiro atoms. The van der Waals surface area contributed by atoms with Crippen molar-refractivity contribution in [2.24, 2.45) is 0 Å². The van der Waals surface area contributed by atoms with Crippen molar-refractivity contribution < 1.29 is 14.3 Å². The Balaban J connectivity index is 1.94. The highest BCUT2D eigenvalue weighted by molar-refractivity contribution is 9.10. The minimum absolute atomic E-state index is 0.0434. The number of carbonyl (C=O) groups excluding carboxylic acids is 2. The van der Waals surface area contributed by atoms with Crippen LogP contribution in [-0.2, 0) is 4.79 Å². The third kappa shape index (κ3) is 4.43. The van der Waals surface area contributed by atoms with E-state index in [4.69, 9.17) is 4.74 Å². The lowest BCUT2D eigenvalue weighted by molar-refractivity contribution is -0.118. The number of para-hydroxylation sites is 1. The summed E-state index contributed by atoms with van der Waals surface area (Å²) in [5.74, 6) is 0.179. The maximum absolute atomic E-state index is 11.8. The Morgan fingerprint density at radius 2 is 1.90 bits per heavy atom.